The molecule has 0 unspecified atom stereocenters. The Balaban J connectivity index is 2.90. The molecule has 2 rings (SSSR count). The lowest BCUT2D eigenvalue weighted by atomic mass is 9.99. The van der Waals surface area contributed by atoms with Gasteiger partial charge in [-0.05, 0) is 0 Å². The first-order chi connectivity index (χ1) is 11.0. The Morgan fingerprint density at radius 1 is 0.792 bits per heavy atom. The summed E-state index contributed by atoms with van der Waals surface area (Å²) in [5.41, 5.74) is -3.65. The fourth-order valence-corrected chi connectivity index (χ4v) is 3.18. The average Bonchev–Trinajstić information content (AvgIpc) is 2.90. The molecule has 0 aromatic carbocycles. The molecule has 0 aromatic heterocycles. The minimum atomic E-state index is -3.65. The molecule has 4 N–H and O–H groups in total. The normalized spacial score (nSPS) is 22.9. The van der Waals surface area contributed by atoms with Crippen LogP contribution in [0.2, 0.25) is 0 Å². The van der Waals surface area contributed by atoms with Crippen LogP contribution in [-0.2, 0) is 28.8 Å². The summed E-state index contributed by atoms with van der Waals surface area (Å²) in [6.07, 6.45) is -4.25. The first kappa shape index (κ1) is 17.8. The second-order valence-corrected chi connectivity index (χ2v) is 5.54. The molecule has 0 saturated carbocycles. The zero-order chi connectivity index (χ0) is 18.5. The van der Waals surface area contributed by atoms with E-state index >= 15 is 0 Å². The molecule has 0 bridgehead atoms. The van der Waals surface area contributed by atoms with E-state index in [0.29, 0.717) is 0 Å². The number of carboxylic acid groups (broad SMARTS) is 2. The Morgan fingerprint density at radius 2 is 1.08 bits per heavy atom. The van der Waals surface area contributed by atoms with E-state index in [0.717, 1.165) is 0 Å². The third-order valence-electron chi connectivity index (χ3n) is 4.36. The van der Waals surface area contributed by atoms with Crippen LogP contribution in [0, 0.1) is 0 Å². The molecule has 2 aliphatic heterocycles. The molecule has 0 aliphatic carbocycles. The number of quaternary nitrogens is 2. The number of carbonyl (C=O) groups is 6. The lowest BCUT2D eigenvalue weighted by Crippen LogP contribution is -2.83. The summed E-state index contributed by atoms with van der Waals surface area (Å²) in [6.45, 7) is 0. The molecule has 2 fully saturated rings. The van der Waals surface area contributed by atoms with Crippen molar-refractivity contribution in [3.05, 3.63) is 0 Å². The van der Waals surface area contributed by atoms with E-state index in [4.69, 9.17) is 5.11 Å². The summed E-state index contributed by atoms with van der Waals surface area (Å²) in [4.78, 5) is 71.3. The van der Waals surface area contributed by atoms with Gasteiger partial charge in [0.15, 0.2) is 6.42 Å². The van der Waals surface area contributed by atoms with Crippen LogP contribution in [0.25, 0.3) is 0 Å². The number of imide groups is 2. The number of rotatable bonds is 5. The van der Waals surface area contributed by atoms with Gasteiger partial charge in [0.05, 0.1) is 25.7 Å². The number of hydrogen-bond acceptors (Lipinski definition) is 8. The number of hydrogen-bond donors (Lipinski definition) is 4. The predicted molar refractivity (Wildman–Crippen MR) is 65.2 cm³/mol. The van der Waals surface area contributed by atoms with Crippen LogP contribution in [0.1, 0.15) is 32.1 Å². The summed E-state index contributed by atoms with van der Waals surface area (Å²) >= 11 is 0. The summed E-state index contributed by atoms with van der Waals surface area (Å²) in [5.74, 6) is -10.0. The Morgan fingerprint density at radius 3 is 1.29 bits per heavy atom. The van der Waals surface area contributed by atoms with Gasteiger partial charge in [0.2, 0.25) is 0 Å². The summed E-state index contributed by atoms with van der Waals surface area (Å²) < 4.78 is -5.33. The summed E-state index contributed by atoms with van der Waals surface area (Å²) in [7, 11) is 0. The van der Waals surface area contributed by atoms with Gasteiger partial charge in [0, 0.05) is 9.29 Å². The number of nitrogens with zero attached hydrogens (tertiary/aromatic N) is 2. The molecular weight excluding hydrogens is 332 g/mol. The second kappa shape index (κ2) is 5.24. The van der Waals surface area contributed by atoms with Crippen molar-refractivity contribution in [2.24, 2.45) is 0 Å². The third-order valence-corrected chi connectivity index (χ3v) is 4.36. The molecule has 0 spiro atoms. The van der Waals surface area contributed by atoms with Gasteiger partial charge in [-0.25, -0.2) is 24.0 Å². The van der Waals surface area contributed by atoms with Gasteiger partial charge < -0.3 is 10.2 Å². The van der Waals surface area contributed by atoms with Gasteiger partial charge in [-0.2, -0.15) is 10.4 Å². The van der Waals surface area contributed by atoms with Crippen LogP contribution in [0.5, 0.6) is 0 Å². The largest absolute Gasteiger partial charge is 0.481 e. The van der Waals surface area contributed by atoms with Crippen molar-refractivity contribution in [3.63, 3.8) is 0 Å². The zero-order valence-corrected chi connectivity index (χ0v) is 12.2. The predicted octanol–water partition coefficient (Wildman–Crippen LogP) is -1.65. The molecule has 2 saturated heterocycles. The number of amides is 4. The molecule has 24 heavy (non-hydrogen) atoms. The SMILES string of the molecule is O=C(O)CC(C(=O)O)([N+]1(O)C(=O)CCC1=O)[N+]1(O)C(=O)CCC1=O. The maximum Gasteiger partial charge on any atom is 0.436 e. The van der Waals surface area contributed by atoms with Crippen molar-refractivity contribution >= 4 is 35.6 Å². The van der Waals surface area contributed by atoms with Crippen LogP contribution >= 0.6 is 0 Å². The van der Waals surface area contributed by atoms with Crippen molar-refractivity contribution in [1.82, 2.24) is 0 Å². The third kappa shape index (κ3) is 1.81. The molecular formula is C12H14N2O10+2. The molecule has 0 radical (unpaired) electrons. The highest BCUT2D eigenvalue weighted by Gasteiger charge is 2.86. The van der Waals surface area contributed by atoms with Gasteiger partial charge in [0.25, 0.3) is 0 Å². The molecule has 0 aromatic rings. The molecule has 2 heterocycles. The van der Waals surface area contributed by atoms with Crippen LogP contribution in [0.4, 0.5) is 0 Å². The molecule has 12 nitrogen and oxygen atoms in total. The van der Waals surface area contributed by atoms with Crippen molar-refractivity contribution in [3.8, 4) is 0 Å². The highest BCUT2D eigenvalue weighted by molar-refractivity contribution is 6.00. The minimum absolute atomic E-state index is 0.633. The zero-order valence-electron chi connectivity index (χ0n) is 12.2. The Kier molecular flexibility index (Phi) is 3.89. The van der Waals surface area contributed by atoms with E-state index < -0.39 is 82.6 Å². The summed E-state index contributed by atoms with van der Waals surface area (Å²) in [6, 6.07) is 0. The van der Waals surface area contributed by atoms with Crippen molar-refractivity contribution in [2.75, 3.05) is 0 Å². The number of carbonyl (C=O) groups excluding carboxylic acids is 4. The quantitative estimate of drug-likeness (QED) is 0.255. The number of aliphatic carboxylic acids is 2. The fourth-order valence-electron chi connectivity index (χ4n) is 3.18. The maximum atomic E-state index is 12.1. The van der Waals surface area contributed by atoms with Gasteiger partial charge in [-0.3, -0.25) is 4.79 Å². The molecule has 4 amide bonds. The Bertz CT molecular complexity index is 622. The second-order valence-electron chi connectivity index (χ2n) is 5.54. The smallest absolute Gasteiger partial charge is 0.436 e. The van der Waals surface area contributed by atoms with Crippen LogP contribution < -0.4 is 0 Å². The lowest BCUT2D eigenvalue weighted by Gasteiger charge is -2.40. The van der Waals surface area contributed by atoms with Crippen LogP contribution in [0.15, 0.2) is 0 Å². The Hall–Kier alpha value is -2.54. The molecule has 130 valence electrons. The topological polar surface area (TPSA) is 183 Å². The van der Waals surface area contributed by atoms with Crippen molar-refractivity contribution in [1.29, 1.82) is 0 Å². The summed E-state index contributed by atoms with van der Waals surface area (Å²) in [5, 5.41) is 39.7. The fraction of sp³-hybridized carbons (Fsp3) is 0.500. The van der Waals surface area contributed by atoms with Gasteiger partial charge in [-0.1, -0.05) is 0 Å². The number of hydroxylamine groups is 6. The van der Waals surface area contributed by atoms with E-state index in [2.05, 4.69) is 0 Å². The molecule has 0 atom stereocenters. The number of likely N-dealkylation sites (tertiary alicyclic amines) is 2. The van der Waals surface area contributed by atoms with E-state index in [1.807, 2.05) is 0 Å². The first-order valence-corrected chi connectivity index (χ1v) is 6.78. The van der Waals surface area contributed by atoms with E-state index in [9.17, 15) is 44.3 Å². The molecule has 12 heteroatoms. The first-order valence-electron chi connectivity index (χ1n) is 6.78. The van der Waals surface area contributed by atoms with Crippen LogP contribution in [0.3, 0.4) is 0 Å². The standard InChI is InChI=1S/C12H12N2O10/c15-6-1-2-7(16)13(6,23)12(11(21)22,5-10(19)20)14(24)8(17)3-4-9(14)18/h23-24H,1-5H2/p+2. The van der Waals surface area contributed by atoms with Gasteiger partial charge in [0.1, 0.15) is 0 Å². The van der Waals surface area contributed by atoms with Crippen molar-refractivity contribution in [2.45, 2.75) is 37.8 Å². The monoisotopic (exact) mass is 346 g/mol. The Labute approximate surface area is 133 Å². The van der Waals surface area contributed by atoms with Crippen LogP contribution in [-0.4, -0.2) is 71.2 Å². The maximum absolute atomic E-state index is 12.1. The highest BCUT2D eigenvalue weighted by Crippen LogP contribution is 2.44. The van der Waals surface area contributed by atoms with Crippen molar-refractivity contribution < 1.29 is 58.7 Å². The van der Waals surface area contributed by atoms with Gasteiger partial charge in [-0.15, -0.1) is 0 Å². The van der Waals surface area contributed by atoms with E-state index in [-0.39, 0.29) is 0 Å². The number of carboxylic acids is 2. The van der Waals surface area contributed by atoms with Gasteiger partial charge >= 0.3 is 41.2 Å². The van der Waals surface area contributed by atoms with E-state index in [1.54, 1.807) is 0 Å². The highest BCUT2D eigenvalue weighted by atomic mass is 16.6. The average molecular weight is 346 g/mol. The lowest BCUT2D eigenvalue weighted by molar-refractivity contribution is -1.18. The minimum Gasteiger partial charge on any atom is -0.481 e. The van der Waals surface area contributed by atoms with E-state index in [1.165, 1.54) is 0 Å². The molecule has 2 aliphatic rings.